The fourth-order valence-electron chi connectivity index (χ4n) is 4.53. The summed E-state index contributed by atoms with van der Waals surface area (Å²) in [7, 11) is 1.57. The molecule has 3 aromatic rings. The predicted molar refractivity (Wildman–Crippen MR) is 149 cm³/mol. The number of methoxy groups -OCH3 is 1. The lowest BCUT2D eigenvalue weighted by molar-refractivity contribution is -0.131. The fourth-order valence-corrected chi connectivity index (χ4v) is 4.53. The molecule has 0 unspecified atom stereocenters. The Labute approximate surface area is 229 Å². The molecular formula is C30H36FN5O3. The number of anilines is 1. The molecule has 39 heavy (non-hydrogen) atoms. The largest absolute Gasteiger partial charge is 0.497 e. The average molecular weight is 534 g/mol. The van der Waals surface area contributed by atoms with Gasteiger partial charge in [-0.15, -0.1) is 10.2 Å². The van der Waals surface area contributed by atoms with E-state index in [4.69, 9.17) is 4.74 Å². The van der Waals surface area contributed by atoms with Crippen LogP contribution < -0.4 is 9.64 Å². The molecule has 206 valence electrons. The lowest BCUT2D eigenvalue weighted by Gasteiger charge is -2.28. The van der Waals surface area contributed by atoms with Crippen molar-refractivity contribution >= 4 is 17.6 Å². The number of amides is 2. The first-order valence-corrected chi connectivity index (χ1v) is 13.4. The van der Waals surface area contributed by atoms with E-state index in [0.29, 0.717) is 49.1 Å². The summed E-state index contributed by atoms with van der Waals surface area (Å²) in [6.07, 6.45) is 1.59. The van der Waals surface area contributed by atoms with Gasteiger partial charge in [0.05, 0.1) is 12.8 Å². The number of carbonyl (C=O) groups is 2. The standard InChI is InChI=1S/C30H36FN5O3/c1-22(2)14-17-36(30(38)24-6-4-7-26(20-24)39-3)21-29(37)35-16-5-15-34(18-19-35)28-13-12-27(32-33-28)23-8-10-25(31)11-9-23/h4,6-13,20,22H,5,14-19,21H2,1-3H3. The lowest BCUT2D eigenvalue weighted by atomic mass is 10.1. The second kappa shape index (κ2) is 13.2. The minimum atomic E-state index is -0.292. The molecule has 0 atom stereocenters. The van der Waals surface area contributed by atoms with Crippen molar-refractivity contribution < 1.29 is 18.7 Å². The number of ether oxygens (including phenoxy) is 1. The molecule has 0 radical (unpaired) electrons. The van der Waals surface area contributed by atoms with E-state index in [0.717, 1.165) is 30.8 Å². The highest BCUT2D eigenvalue weighted by molar-refractivity contribution is 5.96. The van der Waals surface area contributed by atoms with E-state index in [-0.39, 0.29) is 24.2 Å². The molecule has 8 nitrogen and oxygen atoms in total. The van der Waals surface area contributed by atoms with E-state index < -0.39 is 0 Å². The smallest absolute Gasteiger partial charge is 0.254 e. The van der Waals surface area contributed by atoms with Crippen LogP contribution in [0.4, 0.5) is 10.2 Å². The van der Waals surface area contributed by atoms with Crippen molar-refractivity contribution in [2.45, 2.75) is 26.7 Å². The number of halogens is 1. The maximum Gasteiger partial charge on any atom is 0.254 e. The number of hydrogen-bond acceptors (Lipinski definition) is 6. The van der Waals surface area contributed by atoms with Gasteiger partial charge in [-0.25, -0.2) is 4.39 Å². The minimum Gasteiger partial charge on any atom is -0.497 e. The van der Waals surface area contributed by atoms with E-state index in [1.54, 1.807) is 48.4 Å². The molecule has 0 aliphatic carbocycles. The molecule has 2 heterocycles. The van der Waals surface area contributed by atoms with Gasteiger partial charge in [-0.1, -0.05) is 19.9 Å². The molecule has 1 saturated heterocycles. The summed E-state index contributed by atoms with van der Waals surface area (Å²) in [5.74, 6) is 1.23. The molecule has 9 heteroatoms. The molecule has 1 aromatic heterocycles. The van der Waals surface area contributed by atoms with Gasteiger partial charge in [-0.3, -0.25) is 9.59 Å². The highest BCUT2D eigenvalue weighted by atomic mass is 19.1. The SMILES string of the molecule is COc1cccc(C(=O)N(CCC(C)C)CC(=O)N2CCCN(c3ccc(-c4ccc(F)cc4)nn3)CC2)c1. The summed E-state index contributed by atoms with van der Waals surface area (Å²) >= 11 is 0. The predicted octanol–water partition coefficient (Wildman–Crippen LogP) is 4.52. The topological polar surface area (TPSA) is 78.9 Å². The number of hydrogen-bond donors (Lipinski definition) is 0. The highest BCUT2D eigenvalue weighted by Crippen LogP contribution is 2.20. The molecular weight excluding hydrogens is 497 g/mol. The van der Waals surface area contributed by atoms with Crippen LogP contribution in [-0.4, -0.2) is 78.2 Å². The Bertz CT molecular complexity index is 1250. The van der Waals surface area contributed by atoms with Crippen molar-refractivity contribution in [2.75, 3.05) is 51.3 Å². The number of nitrogens with zero attached hydrogens (tertiary/aromatic N) is 5. The zero-order chi connectivity index (χ0) is 27.8. The molecule has 0 bridgehead atoms. The summed E-state index contributed by atoms with van der Waals surface area (Å²) in [4.78, 5) is 32.3. The molecule has 1 aliphatic rings. The van der Waals surface area contributed by atoms with Gasteiger partial charge in [-0.05, 0) is 73.4 Å². The quantitative estimate of drug-likeness (QED) is 0.403. The zero-order valence-corrected chi connectivity index (χ0v) is 22.8. The van der Waals surface area contributed by atoms with Gasteiger partial charge in [0.15, 0.2) is 5.82 Å². The zero-order valence-electron chi connectivity index (χ0n) is 22.8. The Kier molecular flexibility index (Phi) is 9.46. The molecule has 1 fully saturated rings. The molecule has 2 aromatic carbocycles. The van der Waals surface area contributed by atoms with Gasteiger partial charge in [-0.2, -0.15) is 0 Å². The monoisotopic (exact) mass is 533 g/mol. The fraction of sp³-hybridized carbons (Fsp3) is 0.400. The Morgan fingerprint density at radius 2 is 1.79 bits per heavy atom. The van der Waals surface area contributed by atoms with Crippen LogP contribution in [-0.2, 0) is 4.79 Å². The lowest BCUT2D eigenvalue weighted by Crippen LogP contribution is -2.44. The van der Waals surface area contributed by atoms with Gasteiger partial charge in [0.25, 0.3) is 5.91 Å². The van der Waals surface area contributed by atoms with Crippen molar-refractivity contribution in [3.05, 3.63) is 72.0 Å². The third kappa shape index (κ3) is 7.52. The molecule has 2 amide bonds. The summed E-state index contributed by atoms with van der Waals surface area (Å²) in [5.41, 5.74) is 1.98. The van der Waals surface area contributed by atoms with Gasteiger partial charge < -0.3 is 19.4 Å². The van der Waals surface area contributed by atoms with Gasteiger partial charge in [0.2, 0.25) is 5.91 Å². The third-order valence-corrected chi connectivity index (χ3v) is 6.87. The first-order valence-electron chi connectivity index (χ1n) is 13.4. The molecule has 0 saturated carbocycles. The van der Waals surface area contributed by atoms with Crippen LogP contribution >= 0.6 is 0 Å². The van der Waals surface area contributed by atoms with Crippen LogP contribution in [0.5, 0.6) is 5.75 Å². The van der Waals surface area contributed by atoms with Crippen LogP contribution in [0.2, 0.25) is 0 Å². The van der Waals surface area contributed by atoms with Crippen LogP contribution in [0.15, 0.2) is 60.7 Å². The molecule has 0 spiro atoms. The van der Waals surface area contributed by atoms with Crippen molar-refractivity contribution in [2.24, 2.45) is 5.92 Å². The average Bonchev–Trinajstić information content (AvgIpc) is 3.22. The number of benzene rings is 2. The maximum atomic E-state index is 13.4. The van der Waals surface area contributed by atoms with Gasteiger partial charge in [0.1, 0.15) is 18.1 Å². The first kappa shape index (κ1) is 28.0. The number of aromatic nitrogens is 2. The van der Waals surface area contributed by atoms with E-state index in [1.165, 1.54) is 12.1 Å². The van der Waals surface area contributed by atoms with E-state index in [2.05, 4.69) is 28.9 Å². The second-order valence-electron chi connectivity index (χ2n) is 10.1. The van der Waals surface area contributed by atoms with Gasteiger partial charge >= 0.3 is 0 Å². The van der Waals surface area contributed by atoms with Crippen molar-refractivity contribution in [1.82, 2.24) is 20.0 Å². The molecule has 4 rings (SSSR count). The van der Waals surface area contributed by atoms with E-state index in [1.807, 2.05) is 17.0 Å². The summed E-state index contributed by atoms with van der Waals surface area (Å²) in [6, 6.07) is 17.0. The normalized spacial score (nSPS) is 13.8. The number of carbonyl (C=O) groups excluding carboxylic acids is 2. The third-order valence-electron chi connectivity index (χ3n) is 6.87. The van der Waals surface area contributed by atoms with Gasteiger partial charge in [0, 0.05) is 43.9 Å². The second-order valence-corrected chi connectivity index (χ2v) is 10.1. The molecule has 0 N–H and O–H groups in total. The van der Waals surface area contributed by atoms with E-state index in [9.17, 15) is 14.0 Å². The first-order chi connectivity index (χ1) is 18.8. The van der Waals surface area contributed by atoms with E-state index >= 15 is 0 Å². The molecule has 1 aliphatic heterocycles. The van der Waals surface area contributed by atoms with Crippen LogP contribution in [0.25, 0.3) is 11.3 Å². The summed E-state index contributed by atoms with van der Waals surface area (Å²) < 4.78 is 18.5. The van der Waals surface area contributed by atoms with Crippen LogP contribution in [0.1, 0.15) is 37.0 Å². The highest BCUT2D eigenvalue weighted by Gasteiger charge is 2.25. The van der Waals surface area contributed by atoms with Crippen LogP contribution in [0.3, 0.4) is 0 Å². The number of rotatable bonds is 9. The summed E-state index contributed by atoms with van der Waals surface area (Å²) in [6.45, 7) is 7.26. The Morgan fingerprint density at radius 3 is 2.49 bits per heavy atom. The Balaban J connectivity index is 1.39. The van der Waals surface area contributed by atoms with Crippen molar-refractivity contribution in [3.63, 3.8) is 0 Å². The van der Waals surface area contributed by atoms with Crippen molar-refractivity contribution in [3.8, 4) is 17.0 Å². The maximum absolute atomic E-state index is 13.4. The Morgan fingerprint density at radius 1 is 1.00 bits per heavy atom. The minimum absolute atomic E-state index is 0.0366. The van der Waals surface area contributed by atoms with Crippen LogP contribution in [0, 0.1) is 11.7 Å². The summed E-state index contributed by atoms with van der Waals surface area (Å²) in [5, 5.41) is 8.71. The van der Waals surface area contributed by atoms with Crippen molar-refractivity contribution in [1.29, 1.82) is 0 Å². The Hall–Kier alpha value is -4.01.